The lowest BCUT2D eigenvalue weighted by molar-refractivity contribution is -0.174. The normalized spacial score (nSPS) is 10.9. The van der Waals surface area contributed by atoms with Gasteiger partial charge in [0, 0.05) is 4.47 Å². The quantitative estimate of drug-likeness (QED) is 0.919. The van der Waals surface area contributed by atoms with E-state index in [-0.39, 0.29) is 11.3 Å². The second-order valence-corrected chi connectivity index (χ2v) is 4.37. The number of nitrogens with zero attached hydrogens (tertiary/aromatic N) is 1. The van der Waals surface area contributed by atoms with Crippen LogP contribution in [0.4, 0.5) is 18.9 Å². The Bertz CT molecular complexity index is 512. The summed E-state index contributed by atoms with van der Waals surface area (Å²) in [6.45, 7) is -2.23. The van der Waals surface area contributed by atoms with Gasteiger partial charge in [0.05, 0.1) is 11.3 Å². The highest BCUT2D eigenvalue weighted by Crippen LogP contribution is 2.20. The first-order valence-electron chi connectivity index (χ1n) is 4.96. The van der Waals surface area contributed by atoms with Crippen molar-refractivity contribution in [3.63, 3.8) is 0 Å². The number of amides is 1. The predicted molar refractivity (Wildman–Crippen MR) is 64.4 cm³/mol. The van der Waals surface area contributed by atoms with Gasteiger partial charge in [0.25, 0.3) is 0 Å². The largest absolute Gasteiger partial charge is 0.411 e. The number of benzene rings is 1. The zero-order valence-corrected chi connectivity index (χ0v) is 11.0. The van der Waals surface area contributed by atoms with Gasteiger partial charge in [-0.3, -0.25) is 4.79 Å². The fourth-order valence-electron chi connectivity index (χ4n) is 1.16. The summed E-state index contributed by atoms with van der Waals surface area (Å²) in [6.07, 6.45) is -4.48. The molecule has 0 bridgehead atoms. The Hall–Kier alpha value is -1.59. The lowest BCUT2D eigenvalue weighted by Crippen LogP contribution is -2.24. The number of nitriles is 1. The summed E-state index contributed by atoms with van der Waals surface area (Å²) in [4.78, 5) is 11.3. The van der Waals surface area contributed by atoms with Crippen LogP contribution in [-0.4, -0.2) is 25.3 Å². The molecule has 4 nitrogen and oxygen atoms in total. The van der Waals surface area contributed by atoms with Crippen LogP contribution in [0.15, 0.2) is 22.7 Å². The molecule has 0 atom stereocenters. The van der Waals surface area contributed by atoms with E-state index in [0.29, 0.717) is 4.47 Å². The van der Waals surface area contributed by atoms with Crippen molar-refractivity contribution in [1.82, 2.24) is 0 Å². The first-order valence-corrected chi connectivity index (χ1v) is 5.75. The standard InChI is InChI=1S/C11H8BrF3N2O2/c12-8-1-2-9(7(3-8)4-16)17-10(18)5-19-6-11(13,14)15/h1-3H,5-6H2,(H,17,18). The van der Waals surface area contributed by atoms with Gasteiger partial charge in [0.2, 0.25) is 5.91 Å². The molecule has 19 heavy (non-hydrogen) atoms. The number of hydrogen-bond donors (Lipinski definition) is 1. The lowest BCUT2D eigenvalue weighted by atomic mass is 10.2. The summed E-state index contributed by atoms with van der Waals surface area (Å²) in [5, 5.41) is 11.1. The van der Waals surface area contributed by atoms with Gasteiger partial charge in [0.15, 0.2) is 0 Å². The second kappa shape index (κ2) is 6.54. The topological polar surface area (TPSA) is 62.1 Å². The number of carbonyl (C=O) groups is 1. The highest BCUT2D eigenvalue weighted by Gasteiger charge is 2.27. The second-order valence-electron chi connectivity index (χ2n) is 3.46. The van der Waals surface area contributed by atoms with Crippen LogP contribution in [0, 0.1) is 11.3 Å². The average molecular weight is 337 g/mol. The lowest BCUT2D eigenvalue weighted by Gasteiger charge is -2.09. The number of halogens is 4. The maximum absolute atomic E-state index is 11.8. The van der Waals surface area contributed by atoms with Gasteiger partial charge < -0.3 is 10.1 Å². The molecule has 0 radical (unpaired) electrons. The molecule has 0 spiro atoms. The summed E-state index contributed by atoms with van der Waals surface area (Å²) in [7, 11) is 0. The predicted octanol–water partition coefficient (Wildman–Crippen LogP) is 2.84. The van der Waals surface area contributed by atoms with Crippen LogP contribution in [0.5, 0.6) is 0 Å². The molecule has 0 aliphatic carbocycles. The molecule has 0 fully saturated rings. The Morgan fingerprint density at radius 1 is 1.47 bits per heavy atom. The maximum Gasteiger partial charge on any atom is 0.411 e. The van der Waals surface area contributed by atoms with Crippen molar-refractivity contribution >= 4 is 27.5 Å². The van der Waals surface area contributed by atoms with Crippen molar-refractivity contribution in [2.24, 2.45) is 0 Å². The van der Waals surface area contributed by atoms with Crippen molar-refractivity contribution in [2.75, 3.05) is 18.5 Å². The summed E-state index contributed by atoms with van der Waals surface area (Å²) in [6, 6.07) is 6.39. The first-order chi connectivity index (χ1) is 8.81. The number of ether oxygens (including phenoxy) is 1. The minimum absolute atomic E-state index is 0.193. The molecule has 8 heteroatoms. The van der Waals surface area contributed by atoms with E-state index in [4.69, 9.17) is 5.26 Å². The van der Waals surface area contributed by atoms with E-state index in [1.54, 1.807) is 6.07 Å². The monoisotopic (exact) mass is 336 g/mol. The van der Waals surface area contributed by atoms with E-state index in [1.165, 1.54) is 12.1 Å². The van der Waals surface area contributed by atoms with Gasteiger partial charge >= 0.3 is 6.18 Å². The van der Waals surface area contributed by atoms with Crippen LogP contribution < -0.4 is 5.32 Å². The van der Waals surface area contributed by atoms with Gasteiger partial charge in [0.1, 0.15) is 19.3 Å². The molecular formula is C11H8BrF3N2O2. The summed E-state index contributed by atoms with van der Waals surface area (Å²) >= 11 is 3.15. The molecule has 1 amide bonds. The van der Waals surface area contributed by atoms with Crippen molar-refractivity contribution in [3.05, 3.63) is 28.2 Å². The van der Waals surface area contributed by atoms with Crippen LogP contribution in [0.2, 0.25) is 0 Å². The average Bonchev–Trinajstić information content (AvgIpc) is 2.29. The Morgan fingerprint density at radius 2 is 2.16 bits per heavy atom. The van der Waals surface area contributed by atoms with Crippen LogP contribution in [0.3, 0.4) is 0 Å². The van der Waals surface area contributed by atoms with E-state index >= 15 is 0 Å². The number of alkyl halides is 3. The Balaban J connectivity index is 2.56. The van der Waals surface area contributed by atoms with E-state index in [2.05, 4.69) is 26.0 Å². The van der Waals surface area contributed by atoms with Crippen LogP contribution in [0.25, 0.3) is 0 Å². The molecule has 0 aromatic heterocycles. The highest BCUT2D eigenvalue weighted by atomic mass is 79.9. The molecule has 0 aliphatic heterocycles. The third kappa shape index (κ3) is 5.72. The van der Waals surface area contributed by atoms with Crippen LogP contribution >= 0.6 is 15.9 Å². The van der Waals surface area contributed by atoms with Gasteiger partial charge in [-0.1, -0.05) is 15.9 Å². The molecule has 0 saturated heterocycles. The van der Waals surface area contributed by atoms with E-state index in [1.807, 2.05) is 6.07 Å². The highest BCUT2D eigenvalue weighted by molar-refractivity contribution is 9.10. The minimum Gasteiger partial charge on any atom is -0.362 e. The van der Waals surface area contributed by atoms with Crippen LogP contribution in [-0.2, 0) is 9.53 Å². The van der Waals surface area contributed by atoms with Crippen molar-refractivity contribution in [1.29, 1.82) is 5.26 Å². The Morgan fingerprint density at radius 3 is 2.74 bits per heavy atom. The third-order valence-corrected chi connectivity index (χ3v) is 2.37. The Kier molecular flexibility index (Phi) is 5.32. The molecule has 0 saturated carbocycles. The zero-order valence-electron chi connectivity index (χ0n) is 9.42. The van der Waals surface area contributed by atoms with E-state index < -0.39 is 25.3 Å². The number of carbonyl (C=O) groups excluding carboxylic acids is 1. The Labute approximate surface area is 115 Å². The summed E-state index contributed by atoms with van der Waals surface area (Å²) < 4.78 is 40.2. The summed E-state index contributed by atoms with van der Waals surface area (Å²) in [5.41, 5.74) is 0.407. The number of anilines is 1. The SMILES string of the molecule is N#Cc1cc(Br)ccc1NC(=O)COCC(F)(F)F. The number of nitrogens with one attached hydrogen (secondary N) is 1. The van der Waals surface area contributed by atoms with Gasteiger partial charge in [-0.2, -0.15) is 18.4 Å². The fraction of sp³-hybridized carbons (Fsp3) is 0.273. The number of rotatable bonds is 4. The van der Waals surface area contributed by atoms with E-state index in [0.717, 1.165) is 0 Å². The van der Waals surface area contributed by atoms with Gasteiger partial charge in [-0.15, -0.1) is 0 Å². The maximum atomic E-state index is 11.8. The van der Waals surface area contributed by atoms with Crippen molar-refractivity contribution < 1.29 is 22.7 Å². The smallest absolute Gasteiger partial charge is 0.362 e. The van der Waals surface area contributed by atoms with Gasteiger partial charge in [-0.05, 0) is 18.2 Å². The molecule has 1 N–H and O–H groups in total. The first kappa shape index (κ1) is 15.5. The van der Waals surface area contributed by atoms with Gasteiger partial charge in [-0.25, -0.2) is 0 Å². The molecule has 0 heterocycles. The molecule has 1 aromatic rings. The third-order valence-electron chi connectivity index (χ3n) is 1.88. The molecule has 1 aromatic carbocycles. The van der Waals surface area contributed by atoms with E-state index in [9.17, 15) is 18.0 Å². The molecule has 0 unspecified atom stereocenters. The molecule has 102 valence electrons. The molecule has 0 aliphatic rings. The molecule has 1 rings (SSSR count). The minimum atomic E-state index is -4.48. The molecular weight excluding hydrogens is 329 g/mol. The summed E-state index contributed by atoms with van der Waals surface area (Å²) in [5.74, 6) is -0.761. The zero-order chi connectivity index (χ0) is 14.5. The van der Waals surface area contributed by atoms with Crippen LogP contribution in [0.1, 0.15) is 5.56 Å². The number of hydrogen-bond acceptors (Lipinski definition) is 3. The van der Waals surface area contributed by atoms with Crippen molar-refractivity contribution in [2.45, 2.75) is 6.18 Å². The van der Waals surface area contributed by atoms with Crippen molar-refractivity contribution in [3.8, 4) is 6.07 Å². The fourth-order valence-corrected chi connectivity index (χ4v) is 1.52.